The van der Waals surface area contributed by atoms with Gasteiger partial charge in [0.05, 0.1) is 12.8 Å². The highest BCUT2D eigenvalue weighted by molar-refractivity contribution is 7.88. The summed E-state index contributed by atoms with van der Waals surface area (Å²) in [6.07, 6.45) is 1.12. The van der Waals surface area contributed by atoms with Gasteiger partial charge in [0.15, 0.2) is 0 Å². The first-order chi connectivity index (χ1) is 11.9. The van der Waals surface area contributed by atoms with Crippen LogP contribution >= 0.6 is 0 Å². The molecule has 0 aliphatic rings. The zero-order valence-electron chi connectivity index (χ0n) is 14.6. The smallest absolute Gasteiger partial charge is 0.235 e. The fraction of sp³-hybridized carbons (Fsp3) is 0.316. The minimum atomic E-state index is -3.48. The zero-order valence-corrected chi connectivity index (χ0v) is 15.4. The van der Waals surface area contributed by atoms with Gasteiger partial charge in [-0.1, -0.05) is 67.6 Å². The van der Waals surface area contributed by atoms with E-state index in [4.69, 9.17) is 0 Å². The highest BCUT2D eigenvalue weighted by atomic mass is 32.2. The van der Waals surface area contributed by atoms with Crippen molar-refractivity contribution in [2.24, 2.45) is 0 Å². The van der Waals surface area contributed by atoms with Gasteiger partial charge in [-0.05, 0) is 17.0 Å². The van der Waals surface area contributed by atoms with Crippen molar-refractivity contribution >= 4 is 15.9 Å². The fourth-order valence-electron chi connectivity index (χ4n) is 2.46. The molecule has 0 radical (unpaired) electrons. The molecule has 5 nitrogen and oxygen atoms in total. The summed E-state index contributed by atoms with van der Waals surface area (Å²) in [6, 6.07) is 19.1. The van der Waals surface area contributed by atoms with E-state index in [1.54, 1.807) is 0 Å². The van der Waals surface area contributed by atoms with Gasteiger partial charge in [0.2, 0.25) is 15.9 Å². The van der Waals surface area contributed by atoms with Gasteiger partial charge in [0.1, 0.15) is 0 Å². The molecule has 0 aromatic heterocycles. The third-order valence-electron chi connectivity index (χ3n) is 3.96. The van der Waals surface area contributed by atoms with Crippen LogP contribution in [0.5, 0.6) is 0 Å². The van der Waals surface area contributed by atoms with Crippen LogP contribution in [0.25, 0.3) is 0 Å². The molecule has 0 saturated heterocycles. The number of rotatable bonds is 8. The first kappa shape index (κ1) is 19.1. The first-order valence-corrected chi connectivity index (χ1v) is 10.0. The second kappa shape index (κ2) is 8.78. The van der Waals surface area contributed by atoms with Crippen LogP contribution in [-0.2, 0) is 21.4 Å². The Morgan fingerprint density at radius 3 is 2.16 bits per heavy atom. The Balaban J connectivity index is 1.93. The van der Waals surface area contributed by atoms with Gasteiger partial charge < -0.3 is 5.32 Å². The molecule has 0 saturated carbocycles. The van der Waals surface area contributed by atoms with E-state index in [2.05, 4.69) is 5.32 Å². The standard InChI is InChI=1S/C19H24N2O3S/c1-16(18-11-7-4-8-12-18)13-20-19(22)15-21(25(2,23)24)14-17-9-5-3-6-10-17/h3-12,16H,13-15H2,1-2H3,(H,20,22)/t16-/m1/s1. The Morgan fingerprint density at radius 2 is 1.60 bits per heavy atom. The predicted molar refractivity (Wildman–Crippen MR) is 99.6 cm³/mol. The maximum absolute atomic E-state index is 12.2. The summed E-state index contributed by atoms with van der Waals surface area (Å²) >= 11 is 0. The molecule has 2 aromatic carbocycles. The van der Waals surface area contributed by atoms with Crippen LogP contribution in [0.3, 0.4) is 0 Å². The highest BCUT2D eigenvalue weighted by Gasteiger charge is 2.20. The monoisotopic (exact) mass is 360 g/mol. The Labute approximate surface area is 149 Å². The number of sulfonamides is 1. The van der Waals surface area contributed by atoms with Crippen molar-refractivity contribution in [2.45, 2.75) is 19.4 Å². The lowest BCUT2D eigenvalue weighted by atomic mass is 10.0. The van der Waals surface area contributed by atoms with Crippen LogP contribution in [0, 0.1) is 0 Å². The van der Waals surface area contributed by atoms with Gasteiger partial charge >= 0.3 is 0 Å². The predicted octanol–water partition coefficient (Wildman–Crippen LogP) is 2.37. The molecule has 0 unspecified atom stereocenters. The Bertz CT molecular complexity index is 777. The van der Waals surface area contributed by atoms with E-state index in [-0.39, 0.29) is 24.9 Å². The molecule has 0 fully saturated rings. The first-order valence-electron chi connectivity index (χ1n) is 8.17. The number of amides is 1. The molecule has 2 rings (SSSR count). The lowest BCUT2D eigenvalue weighted by Gasteiger charge is -2.20. The third kappa shape index (κ3) is 6.32. The number of nitrogens with zero attached hydrogens (tertiary/aromatic N) is 1. The van der Waals surface area contributed by atoms with Crippen LogP contribution in [0.15, 0.2) is 60.7 Å². The molecule has 1 amide bonds. The maximum atomic E-state index is 12.2. The molecule has 1 N–H and O–H groups in total. The van der Waals surface area contributed by atoms with E-state index in [0.29, 0.717) is 6.54 Å². The number of hydrogen-bond acceptors (Lipinski definition) is 3. The SMILES string of the molecule is C[C@H](CNC(=O)CN(Cc1ccccc1)S(C)(=O)=O)c1ccccc1. The quantitative estimate of drug-likeness (QED) is 0.786. The average Bonchev–Trinajstić information content (AvgIpc) is 2.60. The van der Waals surface area contributed by atoms with Crippen LogP contribution in [0.2, 0.25) is 0 Å². The lowest BCUT2D eigenvalue weighted by molar-refractivity contribution is -0.121. The van der Waals surface area contributed by atoms with Crippen molar-refractivity contribution in [3.8, 4) is 0 Å². The van der Waals surface area contributed by atoms with Gasteiger partial charge in [-0.25, -0.2) is 8.42 Å². The van der Waals surface area contributed by atoms with Gasteiger partial charge in [-0.3, -0.25) is 4.79 Å². The van der Waals surface area contributed by atoms with Crippen molar-refractivity contribution in [1.29, 1.82) is 0 Å². The summed E-state index contributed by atoms with van der Waals surface area (Å²) in [5.74, 6) is -0.143. The topological polar surface area (TPSA) is 66.5 Å². The molecular weight excluding hydrogens is 336 g/mol. The summed E-state index contributed by atoms with van der Waals surface area (Å²) in [6.45, 7) is 2.48. The lowest BCUT2D eigenvalue weighted by Crippen LogP contribution is -2.40. The summed E-state index contributed by atoms with van der Waals surface area (Å²) in [4.78, 5) is 12.2. The van der Waals surface area contributed by atoms with Crippen LogP contribution in [0.1, 0.15) is 24.0 Å². The Kier molecular flexibility index (Phi) is 6.73. The summed E-state index contributed by atoms with van der Waals surface area (Å²) in [5, 5.41) is 2.82. The minimum Gasteiger partial charge on any atom is -0.354 e. The molecule has 0 aliphatic carbocycles. The Hall–Kier alpha value is -2.18. The molecule has 0 spiro atoms. The zero-order chi connectivity index (χ0) is 18.3. The summed E-state index contributed by atoms with van der Waals surface area (Å²) in [7, 11) is -3.48. The van der Waals surface area contributed by atoms with Crippen molar-refractivity contribution in [1.82, 2.24) is 9.62 Å². The average molecular weight is 360 g/mol. The number of hydrogen-bond donors (Lipinski definition) is 1. The molecule has 6 heteroatoms. The third-order valence-corrected chi connectivity index (χ3v) is 5.16. The van der Waals surface area contributed by atoms with Gasteiger partial charge in [0.25, 0.3) is 0 Å². The second-order valence-electron chi connectivity index (χ2n) is 6.13. The van der Waals surface area contributed by atoms with E-state index < -0.39 is 10.0 Å². The molecule has 1 atom stereocenters. The van der Waals surface area contributed by atoms with Crippen molar-refractivity contribution in [2.75, 3.05) is 19.3 Å². The van der Waals surface area contributed by atoms with E-state index >= 15 is 0 Å². The van der Waals surface area contributed by atoms with Gasteiger partial charge in [-0.2, -0.15) is 4.31 Å². The summed E-state index contributed by atoms with van der Waals surface area (Å²) in [5.41, 5.74) is 1.98. The summed E-state index contributed by atoms with van der Waals surface area (Å²) < 4.78 is 25.1. The number of carbonyl (C=O) groups excluding carboxylic acids is 1. The highest BCUT2D eigenvalue weighted by Crippen LogP contribution is 2.13. The largest absolute Gasteiger partial charge is 0.354 e. The van der Waals surface area contributed by atoms with Crippen LogP contribution in [0.4, 0.5) is 0 Å². The van der Waals surface area contributed by atoms with Crippen LogP contribution in [-0.4, -0.2) is 38.0 Å². The molecule has 25 heavy (non-hydrogen) atoms. The van der Waals surface area contributed by atoms with Gasteiger partial charge in [0, 0.05) is 13.1 Å². The van der Waals surface area contributed by atoms with E-state index in [0.717, 1.165) is 17.4 Å². The van der Waals surface area contributed by atoms with Gasteiger partial charge in [-0.15, -0.1) is 0 Å². The van der Waals surface area contributed by atoms with E-state index in [1.807, 2.05) is 67.6 Å². The van der Waals surface area contributed by atoms with Crippen molar-refractivity contribution in [3.63, 3.8) is 0 Å². The molecule has 0 heterocycles. The van der Waals surface area contributed by atoms with E-state index in [9.17, 15) is 13.2 Å². The van der Waals surface area contributed by atoms with Crippen molar-refractivity contribution < 1.29 is 13.2 Å². The maximum Gasteiger partial charge on any atom is 0.235 e. The molecular formula is C19H24N2O3S. The molecule has 134 valence electrons. The number of benzene rings is 2. The molecule has 2 aromatic rings. The normalized spacial score (nSPS) is 12.8. The Morgan fingerprint density at radius 1 is 1.04 bits per heavy atom. The molecule has 0 aliphatic heterocycles. The fourth-order valence-corrected chi connectivity index (χ4v) is 3.20. The van der Waals surface area contributed by atoms with E-state index in [1.165, 1.54) is 4.31 Å². The second-order valence-corrected chi connectivity index (χ2v) is 8.11. The number of nitrogens with one attached hydrogen (secondary N) is 1. The number of carbonyl (C=O) groups is 1. The molecule has 0 bridgehead atoms. The van der Waals surface area contributed by atoms with Crippen LogP contribution < -0.4 is 5.32 Å². The minimum absolute atomic E-state index is 0.158. The van der Waals surface area contributed by atoms with Crippen molar-refractivity contribution in [3.05, 3.63) is 71.8 Å².